The zero-order valence-electron chi connectivity index (χ0n) is 6.78. The lowest BCUT2D eigenvalue weighted by atomic mass is 10.0. The number of cyclic esters (lactones) is 1. The van der Waals surface area contributed by atoms with Gasteiger partial charge in [0.15, 0.2) is 0 Å². The quantitative estimate of drug-likeness (QED) is 0.541. The molecule has 2 nitrogen and oxygen atoms in total. The van der Waals surface area contributed by atoms with Crippen molar-refractivity contribution in [2.24, 2.45) is 0 Å². The minimum absolute atomic E-state index is 0.160. The summed E-state index contributed by atoms with van der Waals surface area (Å²) < 4.78 is 5.09. The molecule has 1 heterocycles. The molecule has 1 aliphatic heterocycles. The molecule has 12 heavy (non-hydrogen) atoms. The maximum absolute atomic E-state index is 11.0. The first-order valence-corrected chi connectivity index (χ1v) is 3.88. The molecule has 61 valence electrons. The normalized spacial score (nSPS) is 30.6. The standard InChI is InChI=1S/C10H9O2/c1-7-6-9(12-10(7)11)8-4-2-3-5-8/h2-6,9H,1H3. The van der Waals surface area contributed by atoms with E-state index in [0.717, 1.165) is 5.92 Å². The van der Waals surface area contributed by atoms with Gasteiger partial charge in [-0.2, -0.15) is 0 Å². The molecule has 0 saturated heterocycles. The molecule has 2 aliphatic rings. The van der Waals surface area contributed by atoms with Gasteiger partial charge < -0.3 is 4.74 Å². The largest absolute Gasteiger partial charge is 0.454 e. The van der Waals surface area contributed by atoms with Crippen molar-refractivity contribution in [3.05, 3.63) is 43.3 Å². The van der Waals surface area contributed by atoms with E-state index in [1.54, 1.807) is 6.92 Å². The van der Waals surface area contributed by atoms with Crippen LogP contribution in [0.4, 0.5) is 0 Å². The van der Waals surface area contributed by atoms with E-state index in [4.69, 9.17) is 4.74 Å². The second-order valence-corrected chi connectivity index (χ2v) is 2.89. The van der Waals surface area contributed by atoms with E-state index < -0.39 is 0 Å². The van der Waals surface area contributed by atoms with Crippen LogP contribution in [-0.2, 0) is 9.53 Å². The van der Waals surface area contributed by atoms with Crippen LogP contribution in [0.15, 0.2) is 11.6 Å². The third-order valence-electron chi connectivity index (χ3n) is 1.97. The van der Waals surface area contributed by atoms with Crippen LogP contribution in [-0.4, -0.2) is 12.1 Å². The van der Waals surface area contributed by atoms with Crippen molar-refractivity contribution < 1.29 is 9.53 Å². The van der Waals surface area contributed by atoms with Crippen molar-refractivity contribution >= 4 is 5.97 Å². The van der Waals surface area contributed by atoms with Gasteiger partial charge in [-0.1, -0.05) is 0 Å². The van der Waals surface area contributed by atoms with Gasteiger partial charge >= 0.3 is 5.97 Å². The Morgan fingerprint density at radius 3 is 2.50 bits per heavy atom. The molecule has 0 aromatic rings. The molecule has 1 unspecified atom stereocenters. The van der Waals surface area contributed by atoms with Crippen LogP contribution in [0.3, 0.4) is 0 Å². The highest BCUT2D eigenvalue weighted by atomic mass is 16.5. The van der Waals surface area contributed by atoms with Gasteiger partial charge in [0.2, 0.25) is 0 Å². The summed E-state index contributed by atoms with van der Waals surface area (Å²) in [5.41, 5.74) is 0.696. The van der Waals surface area contributed by atoms with Gasteiger partial charge in [-0.05, 0) is 38.7 Å². The van der Waals surface area contributed by atoms with Crippen LogP contribution >= 0.6 is 0 Å². The Labute approximate surface area is 72.6 Å². The zero-order valence-corrected chi connectivity index (χ0v) is 6.78. The fourth-order valence-electron chi connectivity index (χ4n) is 1.28. The molecule has 5 radical (unpaired) electrons. The summed E-state index contributed by atoms with van der Waals surface area (Å²) in [7, 11) is 0. The topological polar surface area (TPSA) is 26.3 Å². The van der Waals surface area contributed by atoms with Crippen LogP contribution in [0, 0.1) is 31.6 Å². The predicted octanol–water partition coefficient (Wildman–Crippen LogP) is 1.26. The molecule has 1 saturated carbocycles. The van der Waals surface area contributed by atoms with Gasteiger partial charge in [0, 0.05) is 11.5 Å². The summed E-state index contributed by atoms with van der Waals surface area (Å²) in [6.07, 6.45) is 9.46. The first-order chi connectivity index (χ1) is 5.77. The van der Waals surface area contributed by atoms with Gasteiger partial charge in [-0.25, -0.2) is 4.79 Å². The average Bonchev–Trinajstić information content (AvgIpc) is 2.61. The number of carbonyl (C=O) groups is 1. The lowest BCUT2D eigenvalue weighted by Gasteiger charge is -2.13. The summed E-state index contributed by atoms with van der Waals surface area (Å²) in [5.74, 6) is 0.835. The van der Waals surface area contributed by atoms with Crippen LogP contribution in [0.2, 0.25) is 0 Å². The summed E-state index contributed by atoms with van der Waals surface area (Å²) >= 11 is 0. The lowest BCUT2D eigenvalue weighted by Crippen LogP contribution is -2.16. The van der Waals surface area contributed by atoms with Gasteiger partial charge in [-0.3, -0.25) is 0 Å². The molecule has 1 aliphatic carbocycles. The van der Waals surface area contributed by atoms with Crippen molar-refractivity contribution in [2.75, 3.05) is 0 Å². The van der Waals surface area contributed by atoms with Crippen LogP contribution < -0.4 is 0 Å². The molecule has 0 spiro atoms. The Morgan fingerprint density at radius 1 is 1.33 bits per heavy atom. The van der Waals surface area contributed by atoms with E-state index in [2.05, 4.69) is 0 Å². The second kappa shape index (κ2) is 2.92. The second-order valence-electron chi connectivity index (χ2n) is 2.89. The molecular formula is C10H9O2. The van der Waals surface area contributed by atoms with Crippen LogP contribution in [0.5, 0.6) is 0 Å². The highest BCUT2D eigenvalue weighted by Gasteiger charge is 2.32. The molecule has 0 amide bonds. The number of esters is 1. The molecule has 0 aromatic heterocycles. The van der Waals surface area contributed by atoms with E-state index in [9.17, 15) is 4.79 Å². The smallest absolute Gasteiger partial charge is 0.334 e. The summed E-state index contributed by atoms with van der Waals surface area (Å²) in [4.78, 5) is 11.0. The Kier molecular flexibility index (Phi) is 1.91. The molecule has 2 rings (SSSR count). The lowest BCUT2D eigenvalue weighted by molar-refractivity contribution is -0.138. The van der Waals surface area contributed by atoms with E-state index in [-0.39, 0.29) is 12.1 Å². The summed E-state index contributed by atoms with van der Waals surface area (Å²) in [5, 5.41) is 0. The Balaban J connectivity index is 2.02. The average molecular weight is 161 g/mol. The minimum atomic E-state index is -0.207. The molecule has 0 bridgehead atoms. The number of hydrogen-bond acceptors (Lipinski definition) is 2. The van der Waals surface area contributed by atoms with E-state index in [1.165, 1.54) is 0 Å². The molecule has 2 heteroatoms. The zero-order chi connectivity index (χ0) is 8.55. The monoisotopic (exact) mass is 161 g/mol. The Bertz CT molecular complexity index is 224. The van der Waals surface area contributed by atoms with Crippen LogP contribution in [0.1, 0.15) is 6.92 Å². The van der Waals surface area contributed by atoms with E-state index in [1.807, 2.05) is 31.8 Å². The SMILES string of the molecule is CC1=CC([C]2[CH][CH][CH][CH]2)OC1=O. The first kappa shape index (κ1) is 7.84. The fraction of sp³-hybridized carbons (Fsp3) is 0.200. The van der Waals surface area contributed by atoms with Crippen LogP contribution in [0.25, 0.3) is 0 Å². The van der Waals surface area contributed by atoms with Crippen molar-refractivity contribution in [3.8, 4) is 0 Å². The van der Waals surface area contributed by atoms with Gasteiger partial charge in [0.25, 0.3) is 0 Å². The van der Waals surface area contributed by atoms with Crippen molar-refractivity contribution in [1.82, 2.24) is 0 Å². The third-order valence-corrected chi connectivity index (χ3v) is 1.97. The van der Waals surface area contributed by atoms with Crippen molar-refractivity contribution in [2.45, 2.75) is 13.0 Å². The fourth-order valence-corrected chi connectivity index (χ4v) is 1.28. The van der Waals surface area contributed by atoms with Gasteiger partial charge in [0.1, 0.15) is 6.10 Å². The third kappa shape index (κ3) is 1.26. The minimum Gasteiger partial charge on any atom is -0.454 e. The number of ether oxygens (including phenoxy) is 1. The molecule has 1 atom stereocenters. The molecule has 0 aromatic carbocycles. The summed E-state index contributed by atoms with van der Waals surface area (Å²) in [6, 6.07) is 0. The highest BCUT2D eigenvalue weighted by Crippen LogP contribution is 2.32. The molecular weight excluding hydrogens is 152 g/mol. The summed E-state index contributed by atoms with van der Waals surface area (Å²) in [6.45, 7) is 1.77. The van der Waals surface area contributed by atoms with E-state index in [0.29, 0.717) is 5.57 Å². The van der Waals surface area contributed by atoms with Crippen molar-refractivity contribution in [3.63, 3.8) is 0 Å². The predicted molar refractivity (Wildman–Crippen MR) is 44.1 cm³/mol. The number of rotatable bonds is 1. The number of carbonyl (C=O) groups excluding carboxylic acids is 1. The highest BCUT2D eigenvalue weighted by molar-refractivity contribution is 5.90. The number of hydrogen-bond donors (Lipinski definition) is 0. The van der Waals surface area contributed by atoms with Gasteiger partial charge in [-0.15, -0.1) is 0 Å². The maximum atomic E-state index is 11.0. The first-order valence-electron chi connectivity index (χ1n) is 3.88. The molecule has 0 N–H and O–H groups in total. The van der Waals surface area contributed by atoms with Gasteiger partial charge in [0.05, 0.1) is 0 Å². The Hall–Kier alpha value is -0.790. The van der Waals surface area contributed by atoms with Crippen molar-refractivity contribution in [1.29, 1.82) is 0 Å². The maximum Gasteiger partial charge on any atom is 0.334 e. The molecule has 1 fully saturated rings. The van der Waals surface area contributed by atoms with E-state index >= 15 is 0 Å². The Morgan fingerprint density at radius 2 is 2.00 bits per heavy atom.